The number of benzene rings is 2. The summed E-state index contributed by atoms with van der Waals surface area (Å²) in [7, 11) is 0. The molecule has 1 atom stereocenters. The highest BCUT2D eigenvalue weighted by atomic mass is 35.5. The van der Waals surface area contributed by atoms with Gasteiger partial charge in [0.2, 0.25) is 0 Å². The Balaban J connectivity index is 1.60. The van der Waals surface area contributed by atoms with Crippen molar-refractivity contribution in [3.63, 3.8) is 0 Å². The molecule has 7 nitrogen and oxygen atoms in total. The number of aromatic nitrogens is 2. The number of ether oxygens (including phenoxy) is 1. The van der Waals surface area contributed by atoms with E-state index >= 15 is 0 Å². The zero-order valence-electron chi connectivity index (χ0n) is 18.8. The van der Waals surface area contributed by atoms with Gasteiger partial charge in [0.1, 0.15) is 6.61 Å². The first-order valence-electron chi connectivity index (χ1n) is 11.3. The molecule has 174 valence electrons. The van der Waals surface area contributed by atoms with Crippen molar-refractivity contribution >= 4 is 40.4 Å². The van der Waals surface area contributed by atoms with Gasteiger partial charge in [0.05, 0.1) is 39.7 Å². The molecule has 1 N–H and O–H groups in total. The summed E-state index contributed by atoms with van der Waals surface area (Å²) in [5.74, 6) is -0.742. The third-order valence-corrected chi connectivity index (χ3v) is 7.14. The lowest BCUT2D eigenvalue weighted by Gasteiger charge is -2.31. The maximum Gasteiger partial charge on any atom is 0.343 e. The molecule has 8 heteroatoms. The highest BCUT2D eigenvalue weighted by Crippen LogP contribution is 2.40. The van der Waals surface area contributed by atoms with Crippen molar-refractivity contribution in [3.8, 4) is 11.4 Å². The van der Waals surface area contributed by atoms with Crippen molar-refractivity contribution in [2.24, 2.45) is 4.99 Å². The number of carbonyl (C=O) groups excluding carboxylic acids is 1. The van der Waals surface area contributed by atoms with Gasteiger partial charge in [-0.2, -0.15) is 0 Å². The largest absolute Gasteiger partial charge is 0.458 e. The third-order valence-electron chi connectivity index (χ3n) is 6.82. The van der Waals surface area contributed by atoms with Crippen LogP contribution in [-0.4, -0.2) is 26.8 Å². The molecule has 0 aliphatic carbocycles. The lowest BCUT2D eigenvalue weighted by Crippen LogP contribution is -2.44. The molecule has 0 fully saturated rings. The molecule has 0 amide bonds. The normalized spacial score (nSPS) is 18.4. The Morgan fingerprint density at radius 1 is 1.17 bits per heavy atom. The summed E-state index contributed by atoms with van der Waals surface area (Å²) in [6.07, 6.45) is 1.85. The number of pyridine rings is 2. The first-order chi connectivity index (χ1) is 16.9. The molecular weight excluding hydrogens is 466 g/mol. The topological polar surface area (TPSA) is 93.8 Å². The summed E-state index contributed by atoms with van der Waals surface area (Å²) in [5, 5.41) is 12.5. The number of hydrogen-bond acceptors (Lipinski definition) is 6. The van der Waals surface area contributed by atoms with Crippen LogP contribution in [0.4, 0.5) is 5.69 Å². The van der Waals surface area contributed by atoms with E-state index in [1.165, 1.54) is 0 Å². The first kappa shape index (κ1) is 21.7. The molecule has 0 radical (unpaired) electrons. The second-order valence-corrected chi connectivity index (χ2v) is 9.09. The van der Waals surface area contributed by atoms with E-state index in [0.29, 0.717) is 33.2 Å². The highest BCUT2D eigenvalue weighted by molar-refractivity contribution is 6.33. The van der Waals surface area contributed by atoms with Crippen LogP contribution in [0.15, 0.2) is 64.4 Å². The predicted octanol–water partition coefficient (Wildman–Crippen LogP) is 4.48. The van der Waals surface area contributed by atoms with Crippen LogP contribution in [0.5, 0.6) is 0 Å². The zero-order valence-corrected chi connectivity index (χ0v) is 19.5. The molecule has 0 spiro atoms. The lowest BCUT2D eigenvalue weighted by molar-refractivity contribution is -0.172. The van der Waals surface area contributed by atoms with Gasteiger partial charge in [-0.15, -0.1) is 0 Å². The van der Waals surface area contributed by atoms with E-state index in [2.05, 4.69) is 4.99 Å². The number of esters is 1. The number of para-hydroxylation sites is 2. The molecule has 0 bridgehead atoms. The molecule has 35 heavy (non-hydrogen) atoms. The molecule has 4 heterocycles. The van der Waals surface area contributed by atoms with Gasteiger partial charge in [-0.05, 0) is 30.7 Å². The van der Waals surface area contributed by atoms with E-state index < -0.39 is 11.6 Å². The van der Waals surface area contributed by atoms with Gasteiger partial charge >= 0.3 is 5.97 Å². The SMILES string of the molecule is CC[C@@]1(O)C(=O)OCc2c1cc1n(c2=O)Cc2c-1nc1ccccc1c2C=Nc1ccccc1Cl. The molecule has 0 saturated carbocycles. The maximum atomic E-state index is 13.5. The summed E-state index contributed by atoms with van der Waals surface area (Å²) in [6, 6.07) is 16.7. The van der Waals surface area contributed by atoms with Gasteiger partial charge in [0, 0.05) is 28.3 Å². The van der Waals surface area contributed by atoms with Crippen molar-refractivity contribution in [2.75, 3.05) is 0 Å². The monoisotopic (exact) mass is 485 g/mol. The molecule has 2 aliphatic rings. The minimum absolute atomic E-state index is 0.0927. The Labute approximate surface area is 205 Å². The average molecular weight is 486 g/mol. The minimum atomic E-state index is -1.86. The molecule has 6 rings (SSSR count). The van der Waals surface area contributed by atoms with Gasteiger partial charge in [-0.1, -0.05) is 48.9 Å². The Bertz CT molecular complexity index is 1640. The zero-order chi connectivity index (χ0) is 24.3. The van der Waals surface area contributed by atoms with Gasteiger partial charge in [-0.3, -0.25) is 9.79 Å². The quantitative estimate of drug-likeness (QED) is 0.300. The molecule has 2 aromatic heterocycles. The maximum absolute atomic E-state index is 13.5. The Hall–Kier alpha value is -3.81. The second kappa shape index (κ2) is 7.86. The molecule has 4 aromatic rings. The highest BCUT2D eigenvalue weighted by Gasteiger charge is 2.45. The van der Waals surface area contributed by atoms with Gasteiger partial charge in [0.15, 0.2) is 5.60 Å². The van der Waals surface area contributed by atoms with Crippen molar-refractivity contribution in [3.05, 3.63) is 92.2 Å². The van der Waals surface area contributed by atoms with Crippen molar-refractivity contribution in [1.29, 1.82) is 0 Å². The van der Waals surface area contributed by atoms with Crippen LogP contribution in [0.3, 0.4) is 0 Å². The van der Waals surface area contributed by atoms with E-state index in [0.717, 1.165) is 22.0 Å². The minimum Gasteiger partial charge on any atom is -0.458 e. The second-order valence-electron chi connectivity index (χ2n) is 8.68. The van der Waals surface area contributed by atoms with Crippen LogP contribution in [0, 0.1) is 0 Å². The number of aliphatic imine (C=N–C) groups is 1. The van der Waals surface area contributed by atoms with Crippen molar-refractivity contribution in [2.45, 2.75) is 32.1 Å². The number of carbonyl (C=O) groups is 1. The Kier molecular flexibility index (Phi) is 4.88. The summed E-state index contributed by atoms with van der Waals surface area (Å²) >= 11 is 6.31. The molecule has 2 aromatic carbocycles. The fraction of sp³-hybridized carbons (Fsp3) is 0.185. The van der Waals surface area contributed by atoms with Crippen molar-refractivity contribution < 1.29 is 14.6 Å². The van der Waals surface area contributed by atoms with Crippen LogP contribution in [0.25, 0.3) is 22.3 Å². The molecule has 2 aliphatic heterocycles. The number of hydrogen-bond donors (Lipinski definition) is 1. The summed E-state index contributed by atoms with van der Waals surface area (Å²) < 4.78 is 6.78. The summed E-state index contributed by atoms with van der Waals surface area (Å²) in [5.41, 5.74) is 2.67. The number of cyclic esters (lactones) is 1. The van der Waals surface area contributed by atoms with Gasteiger partial charge < -0.3 is 14.4 Å². The molecule has 0 unspecified atom stereocenters. The predicted molar refractivity (Wildman–Crippen MR) is 133 cm³/mol. The van der Waals surface area contributed by atoms with Crippen molar-refractivity contribution in [1.82, 2.24) is 9.55 Å². The summed E-state index contributed by atoms with van der Waals surface area (Å²) in [6.45, 7) is 1.81. The van der Waals surface area contributed by atoms with Crippen LogP contribution in [0.2, 0.25) is 5.02 Å². The standard InChI is InChI=1S/C27H20ClN3O4/c1-2-27(34)19-11-23-24-17(13-31(23)25(32)18(19)14-35-26(27)33)16(15-7-3-5-9-21(15)30-24)12-29-22-10-6-4-8-20(22)28/h3-12,34H,2,13-14H2,1H3/t27-/m0/s1. The number of halogens is 1. The van der Waals surface area contributed by atoms with E-state index in [-0.39, 0.29) is 25.1 Å². The average Bonchev–Trinajstić information content (AvgIpc) is 3.24. The van der Waals surface area contributed by atoms with Crippen LogP contribution in [0.1, 0.15) is 35.6 Å². The third kappa shape index (κ3) is 3.16. The smallest absolute Gasteiger partial charge is 0.343 e. The van der Waals surface area contributed by atoms with Crippen LogP contribution < -0.4 is 5.56 Å². The number of aliphatic hydroxyl groups is 1. The van der Waals surface area contributed by atoms with Gasteiger partial charge in [-0.25, -0.2) is 9.78 Å². The molecule has 0 saturated heterocycles. The molecular formula is C27H20ClN3O4. The number of nitrogens with zero attached hydrogens (tertiary/aromatic N) is 3. The van der Waals surface area contributed by atoms with Crippen LogP contribution in [-0.2, 0) is 28.3 Å². The van der Waals surface area contributed by atoms with Gasteiger partial charge in [0.25, 0.3) is 5.56 Å². The number of rotatable bonds is 3. The lowest BCUT2D eigenvalue weighted by atomic mass is 9.86. The Morgan fingerprint density at radius 3 is 2.74 bits per heavy atom. The van der Waals surface area contributed by atoms with Crippen LogP contribution >= 0.6 is 11.6 Å². The Morgan fingerprint density at radius 2 is 1.94 bits per heavy atom. The fourth-order valence-corrected chi connectivity index (χ4v) is 5.08. The number of fused-ring (bicyclic) bond motifs is 5. The summed E-state index contributed by atoms with van der Waals surface area (Å²) in [4.78, 5) is 35.4. The fourth-order valence-electron chi connectivity index (χ4n) is 4.90. The van der Waals surface area contributed by atoms with E-state index in [1.54, 1.807) is 29.8 Å². The first-order valence-corrected chi connectivity index (χ1v) is 11.7. The van der Waals surface area contributed by atoms with E-state index in [4.69, 9.17) is 21.3 Å². The van der Waals surface area contributed by atoms with E-state index in [1.807, 2.05) is 42.5 Å². The van der Waals surface area contributed by atoms with E-state index in [9.17, 15) is 14.7 Å².